The fraction of sp³-hybridized carbons (Fsp3) is 0.296. The second-order valence-corrected chi connectivity index (χ2v) is 9.27. The summed E-state index contributed by atoms with van der Waals surface area (Å²) >= 11 is 6.21. The molecule has 0 atom stereocenters. The van der Waals surface area contributed by atoms with Crippen molar-refractivity contribution in [1.29, 1.82) is 0 Å². The Kier molecular flexibility index (Phi) is 6.54. The molecule has 180 valence electrons. The zero-order chi connectivity index (χ0) is 24.5. The smallest absolute Gasteiger partial charge is 0.254 e. The number of carbonyl (C=O) groups is 1. The highest BCUT2D eigenvalue weighted by molar-refractivity contribution is 6.31. The number of para-hydroxylation sites is 1. The summed E-state index contributed by atoms with van der Waals surface area (Å²) in [6.07, 6.45) is 1.99. The summed E-state index contributed by atoms with van der Waals surface area (Å²) in [7, 11) is 0. The fourth-order valence-electron chi connectivity index (χ4n) is 4.59. The normalized spacial score (nSPS) is 14.6. The fourth-order valence-corrected chi connectivity index (χ4v) is 4.82. The van der Waals surface area contributed by atoms with Crippen molar-refractivity contribution in [2.75, 3.05) is 26.2 Å². The molecule has 6 nitrogen and oxygen atoms in total. The van der Waals surface area contributed by atoms with Crippen LogP contribution >= 0.6 is 11.6 Å². The van der Waals surface area contributed by atoms with Gasteiger partial charge in [-0.05, 0) is 43.7 Å². The summed E-state index contributed by atoms with van der Waals surface area (Å²) < 4.78 is 15.2. The average molecular weight is 492 g/mol. The number of hydrogen-bond donors (Lipinski definition) is 0. The molecule has 1 amide bonds. The van der Waals surface area contributed by atoms with Crippen LogP contribution in [0.2, 0.25) is 5.02 Å². The van der Waals surface area contributed by atoms with Crippen molar-refractivity contribution in [1.82, 2.24) is 24.6 Å². The lowest BCUT2D eigenvalue weighted by Gasteiger charge is -2.35. The predicted octanol–water partition coefficient (Wildman–Crippen LogP) is 5.18. The number of amides is 1. The van der Waals surface area contributed by atoms with E-state index in [0.29, 0.717) is 30.2 Å². The van der Waals surface area contributed by atoms with Crippen molar-refractivity contribution in [3.8, 4) is 11.3 Å². The number of fused-ring (bicyclic) bond motifs is 1. The molecule has 5 rings (SSSR count). The van der Waals surface area contributed by atoms with Crippen LogP contribution in [0.15, 0.2) is 54.7 Å². The van der Waals surface area contributed by atoms with Crippen LogP contribution in [0.5, 0.6) is 0 Å². The monoisotopic (exact) mass is 491 g/mol. The highest BCUT2D eigenvalue weighted by atomic mass is 35.5. The Bertz CT molecular complexity index is 1390. The molecule has 2 aromatic carbocycles. The van der Waals surface area contributed by atoms with Gasteiger partial charge in [-0.25, -0.2) is 9.37 Å². The minimum absolute atomic E-state index is 0.00449. The van der Waals surface area contributed by atoms with E-state index >= 15 is 0 Å². The number of nitrogens with zero attached hydrogens (tertiary/aromatic N) is 5. The van der Waals surface area contributed by atoms with Crippen LogP contribution in [0.25, 0.3) is 22.2 Å². The van der Waals surface area contributed by atoms with Gasteiger partial charge in [-0.3, -0.25) is 14.4 Å². The maximum absolute atomic E-state index is 13.7. The molecule has 0 radical (unpaired) electrons. The Hall–Kier alpha value is -3.29. The van der Waals surface area contributed by atoms with Crippen LogP contribution in [0.4, 0.5) is 4.39 Å². The maximum atomic E-state index is 13.7. The summed E-state index contributed by atoms with van der Waals surface area (Å²) in [5.41, 5.74) is 4.93. The van der Waals surface area contributed by atoms with Crippen molar-refractivity contribution < 1.29 is 9.18 Å². The molecule has 1 saturated heterocycles. The lowest BCUT2D eigenvalue weighted by atomic mass is 10.0. The van der Waals surface area contributed by atoms with Gasteiger partial charge in [0.15, 0.2) is 0 Å². The number of benzene rings is 2. The third kappa shape index (κ3) is 4.79. The van der Waals surface area contributed by atoms with Gasteiger partial charge in [0.1, 0.15) is 5.82 Å². The Morgan fingerprint density at radius 3 is 2.57 bits per heavy atom. The van der Waals surface area contributed by atoms with E-state index in [-0.39, 0.29) is 11.7 Å². The molecule has 2 aromatic heterocycles. The molecule has 35 heavy (non-hydrogen) atoms. The van der Waals surface area contributed by atoms with Crippen molar-refractivity contribution in [2.45, 2.75) is 26.9 Å². The number of pyridine rings is 1. The Labute approximate surface area is 208 Å². The van der Waals surface area contributed by atoms with Crippen molar-refractivity contribution >= 4 is 28.4 Å². The van der Waals surface area contributed by atoms with Crippen LogP contribution in [0.3, 0.4) is 0 Å². The summed E-state index contributed by atoms with van der Waals surface area (Å²) in [4.78, 5) is 22.7. The van der Waals surface area contributed by atoms with E-state index in [4.69, 9.17) is 16.6 Å². The van der Waals surface area contributed by atoms with E-state index in [1.54, 1.807) is 6.07 Å². The highest BCUT2D eigenvalue weighted by Crippen LogP contribution is 2.28. The molecule has 1 aliphatic rings. The van der Waals surface area contributed by atoms with Crippen molar-refractivity contribution in [2.24, 2.45) is 0 Å². The molecule has 0 saturated carbocycles. The summed E-state index contributed by atoms with van der Waals surface area (Å²) in [5, 5.41) is 5.83. The number of aromatic nitrogens is 3. The van der Waals surface area contributed by atoms with Gasteiger partial charge in [-0.1, -0.05) is 35.9 Å². The largest absolute Gasteiger partial charge is 0.336 e. The first-order chi connectivity index (χ1) is 16.9. The van der Waals surface area contributed by atoms with Gasteiger partial charge in [0.2, 0.25) is 0 Å². The second-order valence-electron chi connectivity index (χ2n) is 8.86. The Morgan fingerprint density at radius 1 is 1.09 bits per heavy atom. The number of hydrogen-bond acceptors (Lipinski definition) is 4. The first-order valence-corrected chi connectivity index (χ1v) is 12.2. The molecule has 0 spiro atoms. The molecule has 4 aromatic rings. The van der Waals surface area contributed by atoms with E-state index in [2.05, 4.69) is 10.00 Å². The summed E-state index contributed by atoms with van der Waals surface area (Å²) in [6, 6.07) is 14.2. The predicted molar refractivity (Wildman–Crippen MR) is 136 cm³/mol. The first kappa shape index (κ1) is 23.5. The van der Waals surface area contributed by atoms with Crippen LogP contribution in [0.1, 0.15) is 28.5 Å². The second kappa shape index (κ2) is 9.76. The molecular weight excluding hydrogens is 465 g/mol. The van der Waals surface area contributed by atoms with E-state index in [9.17, 15) is 9.18 Å². The Morgan fingerprint density at radius 2 is 1.86 bits per heavy atom. The molecule has 1 fully saturated rings. The van der Waals surface area contributed by atoms with E-state index in [0.717, 1.165) is 53.1 Å². The third-order valence-electron chi connectivity index (χ3n) is 6.56. The Balaban J connectivity index is 1.38. The van der Waals surface area contributed by atoms with Crippen LogP contribution < -0.4 is 0 Å². The zero-order valence-electron chi connectivity index (χ0n) is 19.8. The molecule has 1 aliphatic heterocycles. The zero-order valence-corrected chi connectivity index (χ0v) is 20.6. The minimum atomic E-state index is -0.338. The molecule has 3 heterocycles. The quantitative estimate of drug-likeness (QED) is 0.386. The molecule has 0 bridgehead atoms. The number of aryl methyl sites for hydroxylation is 2. The lowest BCUT2D eigenvalue weighted by Crippen LogP contribution is -2.48. The third-order valence-corrected chi connectivity index (χ3v) is 6.91. The average Bonchev–Trinajstić information content (AvgIpc) is 3.26. The standard InChI is InChI=1S/C27H27ClFN5O/c1-3-34-17-23(18(2)31-34)26-15-22(21-6-4-5-7-25(21)30-26)27(35)33-12-10-32(11-13-33)16-19-8-9-20(29)14-24(19)28/h4-9,14-15,17H,3,10-13,16H2,1-2H3. The van der Waals surface area contributed by atoms with Gasteiger partial charge in [-0.2, -0.15) is 5.10 Å². The van der Waals surface area contributed by atoms with Gasteiger partial charge < -0.3 is 4.90 Å². The molecule has 0 aliphatic carbocycles. The van der Waals surface area contributed by atoms with Gasteiger partial charge in [0.05, 0.1) is 22.5 Å². The molecule has 8 heteroatoms. The number of rotatable bonds is 5. The van der Waals surface area contributed by atoms with E-state index in [1.807, 2.05) is 60.0 Å². The maximum Gasteiger partial charge on any atom is 0.254 e. The van der Waals surface area contributed by atoms with E-state index in [1.165, 1.54) is 12.1 Å². The van der Waals surface area contributed by atoms with Gasteiger partial charge in [0.25, 0.3) is 5.91 Å². The van der Waals surface area contributed by atoms with Crippen molar-refractivity contribution in [3.63, 3.8) is 0 Å². The van der Waals surface area contributed by atoms with Crippen LogP contribution in [0, 0.1) is 12.7 Å². The van der Waals surface area contributed by atoms with Gasteiger partial charge >= 0.3 is 0 Å². The van der Waals surface area contributed by atoms with Crippen molar-refractivity contribution in [3.05, 3.63) is 82.4 Å². The SMILES string of the molecule is CCn1cc(-c2cc(C(=O)N3CCN(Cc4ccc(F)cc4Cl)CC3)c3ccccc3n2)c(C)n1. The molecule has 0 N–H and O–H groups in total. The summed E-state index contributed by atoms with van der Waals surface area (Å²) in [6.45, 7) is 8.06. The minimum Gasteiger partial charge on any atom is -0.336 e. The van der Waals surface area contributed by atoms with Gasteiger partial charge in [-0.15, -0.1) is 0 Å². The topological polar surface area (TPSA) is 54.3 Å². The molecule has 0 unspecified atom stereocenters. The first-order valence-electron chi connectivity index (χ1n) is 11.8. The number of halogens is 2. The van der Waals surface area contributed by atoms with Crippen LogP contribution in [-0.2, 0) is 13.1 Å². The highest BCUT2D eigenvalue weighted by Gasteiger charge is 2.25. The van der Waals surface area contributed by atoms with Gasteiger partial charge in [0, 0.05) is 61.4 Å². The number of piperazine rings is 1. The van der Waals surface area contributed by atoms with Crippen LogP contribution in [-0.4, -0.2) is 56.7 Å². The lowest BCUT2D eigenvalue weighted by molar-refractivity contribution is 0.0630. The van der Waals surface area contributed by atoms with E-state index < -0.39 is 0 Å². The number of carbonyl (C=O) groups excluding carboxylic acids is 1. The molecular formula is C27H27ClFN5O. The summed E-state index contributed by atoms with van der Waals surface area (Å²) in [5.74, 6) is -0.333.